The molecule has 0 heterocycles. The summed E-state index contributed by atoms with van der Waals surface area (Å²) in [7, 11) is 1.95. The molecule has 98 valence electrons. The van der Waals surface area contributed by atoms with Gasteiger partial charge >= 0.3 is 0 Å². The van der Waals surface area contributed by atoms with Crippen molar-refractivity contribution >= 4 is 5.96 Å². The average Bonchev–Trinajstić information content (AvgIpc) is 3.18. The maximum Gasteiger partial charge on any atom is 0.191 e. The molecule has 1 atom stereocenters. The molecular formula is C14H21N3O. The van der Waals surface area contributed by atoms with Gasteiger partial charge in [-0.2, -0.15) is 0 Å². The second-order valence-corrected chi connectivity index (χ2v) is 4.97. The SMILES string of the molecule is Cc1cccc(C(O)CN=C(N)N(C)C2CC2)c1. The molecule has 0 amide bonds. The number of hydrogen-bond acceptors (Lipinski definition) is 2. The van der Waals surface area contributed by atoms with E-state index >= 15 is 0 Å². The lowest BCUT2D eigenvalue weighted by Crippen LogP contribution is -2.36. The van der Waals surface area contributed by atoms with Crippen LogP contribution in [0.15, 0.2) is 29.3 Å². The van der Waals surface area contributed by atoms with Crippen molar-refractivity contribution in [1.29, 1.82) is 0 Å². The molecule has 4 nitrogen and oxygen atoms in total. The highest BCUT2D eigenvalue weighted by atomic mass is 16.3. The van der Waals surface area contributed by atoms with E-state index in [4.69, 9.17) is 5.73 Å². The third kappa shape index (κ3) is 3.23. The first kappa shape index (κ1) is 12.9. The minimum Gasteiger partial charge on any atom is -0.386 e. The van der Waals surface area contributed by atoms with Gasteiger partial charge in [0.25, 0.3) is 0 Å². The molecule has 0 radical (unpaired) electrons. The van der Waals surface area contributed by atoms with Crippen molar-refractivity contribution in [2.24, 2.45) is 10.7 Å². The first-order chi connectivity index (χ1) is 8.58. The van der Waals surface area contributed by atoms with E-state index in [1.54, 1.807) is 0 Å². The normalized spacial score (nSPS) is 17.6. The van der Waals surface area contributed by atoms with Crippen LogP contribution in [0.3, 0.4) is 0 Å². The highest BCUT2D eigenvalue weighted by Crippen LogP contribution is 2.25. The Morgan fingerprint density at radius 2 is 2.28 bits per heavy atom. The van der Waals surface area contributed by atoms with Gasteiger partial charge in [0.1, 0.15) is 0 Å². The second kappa shape index (κ2) is 5.40. The Balaban J connectivity index is 1.94. The number of aryl methyl sites for hydroxylation is 1. The van der Waals surface area contributed by atoms with E-state index in [1.165, 1.54) is 12.8 Å². The van der Waals surface area contributed by atoms with Gasteiger partial charge in [0.05, 0.1) is 12.6 Å². The Morgan fingerprint density at radius 3 is 2.89 bits per heavy atom. The highest BCUT2D eigenvalue weighted by Gasteiger charge is 2.27. The van der Waals surface area contributed by atoms with Crippen molar-refractivity contribution in [2.45, 2.75) is 31.9 Å². The summed E-state index contributed by atoms with van der Waals surface area (Å²) in [5.41, 5.74) is 7.91. The fourth-order valence-electron chi connectivity index (χ4n) is 1.92. The first-order valence-electron chi connectivity index (χ1n) is 6.35. The zero-order chi connectivity index (χ0) is 13.1. The van der Waals surface area contributed by atoms with Crippen LogP contribution in [0, 0.1) is 6.92 Å². The summed E-state index contributed by atoms with van der Waals surface area (Å²) in [6.07, 6.45) is 1.79. The molecule has 1 saturated carbocycles. The van der Waals surface area contributed by atoms with Gasteiger partial charge in [-0.15, -0.1) is 0 Å². The molecule has 18 heavy (non-hydrogen) atoms. The van der Waals surface area contributed by atoms with Crippen LogP contribution in [0.2, 0.25) is 0 Å². The van der Waals surface area contributed by atoms with Crippen LogP contribution < -0.4 is 5.73 Å². The Kier molecular flexibility index (Phi) is 3.87. The van der Waals surface area contributed by atoms with Gasteiger partial charge in [0.2, 0.25) is 0 Å². The Morgan fingerprint density at radius 1 is 1.56 bits per heavy atom. The summed E-state index contributed by atoms with van der Waals surface area (Å²) >= 11 is 0. The van der Waals surface area contributed by atoms with E-state index in [0.29, 0.717) is 18.5 Å². The first-order valence-corrected chi connectivity index (χ1v) is 6.35. The lowest BCUT2D eigenvalue weighted by atomic mass is 10.1. The number of hydrogen-bond donors (Lipinski definition) is 2. The van der Waals surface area contributed by atoms with Crippen LogP contribution in [0.5, 0.6) is 0 Å². The fraction of sp³-hybridized carbons (Fsp3) is 0.500. The molecule has 1 aliphatic rings. The summed E-state index contributed by atoms with van der Waals surface area (Å²) in [5.74, 6) is 0.518. The molecule has 4 heteroatoms. The largest absolute Gasteiger partial charge is 0.386 e. The standard InChI is InChI=1S/C14H21N3O/c1-10-4-3-5-11(8-10)13(18)9-16-14(15)17(2)12-6-7-12/h3-5,8,12-13,18H,6-7,9H2,1-2H3,(H2,15,16). The van der Waals surface area contributed by atoms with E-state index in [9.17, 15) is 5.11 Å². The lowest BCUT2D eigenvalue weighted by Gasteiger charge is -2.17. The van der Waals surface area contributed by atoms with E-state index in [1.807, 2.05) is 43.1 Å². The lowest BCUT2D eigenvalue weighted by molar-refractivity contribution is 0.186. The minimum absolute atomic E-state index is 0.312. The van der Waals surface area contributed by atoms with Crippen LogP contribution in [0.1, 0.15) is 30.1 Å². The summed E-state index contributed by atoms with van der Waals surface area (Å²) in [6.45, 7) is 2.32. The third-order valence-electron chi connectivity index (χ3n) is 3.31. The van der Waals surface area contributed by atoms with Crippen molar-refractivity contribution in [3.8, 4) is 0 Å². The Bertz CT molecular complexity index is 440. The number of benzene rings is 1. The number of rotatable bonds is 4. The van der Waals surface area contributed by atoms with Crippen LogP contribution >= 0.6 is 0 Å². The van der Waals surface area contributed by atoms with E-state index in [2.05, 4.69) is 4.99 Å². The number of nitrogens with two attached hydrogens (primary N) is 1. The van der Waals surface area contributed by atoms with E-state index < -0.39 is 6.10 Å². The number of aliphatic hydroxyl groups excluding tert-OH is 1. The van der Waals surface area contributed by atoms with Crippen molar-refractivity contribution in [3.63, 3.8) is 0 Å². The Labute approximate surface area is 108 Å². The average molecular weight is 247 g/mol. The van der Waals surface area contributed by atoms with Crippen molar-refractivity contribution in [1.82, 2.24) is 4.90 Å². The predicted molar refractivity (Wildman–Crippen MR) is 73.4 cm³/mol. The third-order valence-corrected chi connectivity index (χ3v) is 3.31. The highest BCUT2D eigenvalue weighted by molar-refractivity contribution is 5.78. The Hall–Kier alpha value is -1.55. The monoisotopic (exact) mass is 247 g/mol. The van der Waals surface area contributed by atoms with Crippen LogP contribution in [0.4, 0.5) is 0 Å². The van der Waals surface area contributed by atoms with Gasteiger partial charge in [0, 0.05) is 13.1 Å². The number of aliphatic imine (C=N–C) groups is 1. The molecule has 0 spiro atoms. The number of nitrogens with zero attached hydrogens (tertiary/aromatic N) is 2. The van der Waals surface area contributed by atoms with Crippen molar-refractivity contribution < 1.29 is 5.11 Å². The summed E-state index contributed by atoms with van der Waals surface area (Å²) in [6, 6.07) is 8.38. The smallest absolute Gasteiger partial charge is 0.191 e. The fourth-order valence-corrected chi connectivity index (χ4v) is 1.92. The van der Waals surface area contributed by atoms with Crippen LogP contribution in [-0.4, -0.2) is 35.6 Å². The quantitative estimate of drug-likeness (QED) is 0.625. The molecule has 1 aromatic carbocycles. The van der Waals surface area contributed by atoms with E-state index in [0.717, 1.165) is 11.1 Å². The molecular weight excluding hydrogens is 226 g/mol. The molecule has 1 unspecified atom stereocenters. The van der Waals surface area contributed by atoms with E-state index in [-0.39, 0.29) is 0 Å². The summed E-state index contributed by atoms with van der Waals surface area (Å²) < 4.78 is 0. The van der Waals surface area contributed by atoms with Gasteiger partial charge in [0.15, 0.2) is 5.96 Å². The zero-order valence-electron chi connectivity index (χ0n) is 11.0. The van der Waals surface area contributed by atoms with Gasteiger partial charge in [-0.25, -0.2) is 0 Å². The number of aliphatic hydroxyl groups is 1. The zero-order valence-corrected chi connectivity index (χ0v) is 11.0. The van der Waals surface area contributed by atoms with Gasteiger partial charge in [-0.1, -0.05) is 29.8 Å². The molecule has 1 aliphatic carbocycles. The molecule has 3 N–H and O–H groups in total. The topological polar surface area (TPSA) is 61.9 Å². The number of guanidine groups is 1. The van der Waals surface area contributed by atoms with Gasteiger partial charge < -0.3 is 15.7 Å². The summed E-state index contributed by atoms with van der Waals surface area (Å²) in [5, 5.41) is 10.0. The predicted octanol–water partition coefficient (Wildman–Crippen LogP) is 1.44. The van der Waals surface area contributed by atoms with Crippen LogP contribution in [0.25, 0.3) is 0 Å². The maximum absolute atomic E-state index is 10.0. The molecule has 0 bridgehead atoms. The molecule has 1 aromatic rings. The molecule has 2 rings (SSSR count). The van der Waals surface area contributed by atoms with Crippen molar-refractivity contribution in [2.75, 3.05) is 13.6 Å². The van der Waals surface area contributed by atoms with Crippen molar-refractivity contribution in [3.05, 3.63) is 35.4 Å². The molecule has 0 aromatic heterocycles. The summed E-state index contributed by atoms with van der Waals surface area (Å²) in [4.78, 5) is 6.25. The van der Waals surface area contributed by atoms with Gasteiger partial charge in [-0.3, -0.25) is 4.99 Å². The van der Waals surface area contributed by atoms with Gasteiger partial charge in [-0.05, 0) is 25.3 Å². The van der Waals surface area contributed by atoms with Crippen LogP contribution in [-0.2, 0) is 0 Å². The maximum atomic E-state index is 10.0. The second-order valence-electron chi connectivity index (χ2n) is 4.97. The molecule has 0 aliphatic heterocycles. The minimum atomic E-state index is -0.587. The molecule has 1 fully saturated rings. The molecule has 0 saturated heterocycles.